The summed E-state index contributed by atoms with van der Waals surface area (Å²) in [6, 6.07) is 3.86. The molecule has 2 atom stereocenters. The number of nitrogens with one attached hydrogen (secondary N) is 1. The van der Waals surface area contributed by atoms with Crippen LogP contribution in [-0.4, -0.2) is 36.6 Å². The number of rotatable bonds is 4. The van der Waals surface area contributed by atoms with Crippen molar-refractivity contribution in [2.45, 2.75) is 32.7 Å². The van der Waals surface area contributed by atoms with E-state index in [0.29, 0.717) is 19.7 Å². The maximum absolute atomic E-state index is 12.3. The average Bonchev–Trinajstić information content (AvgIpc) is 3.02. The number of carbonyl (C=O) groups excluding carboxylic acids is 2. The molecule has 0 radical (unpaired) electrons. The molecule has 0 spiro atoms. The molecule has 1 aliphatic heterocycles. The van der Waals surface area contributed by atoms with E-state index in [9.17, 15) is 9.59 Å². The van der Waals surface area contributed by atoms with Gasteiger partial charge in [0.05, 0.1) is 18.6 Å². The van der Waals surface area contributed by atoms with Crippen LogP contribution in [0, 0.1) is 5.92 Å². The normalized spacial score (nSPS) is 19.9. The van der Waals surface area contributed by atoms with Gasteiger partial charge in [0, 0.05) is 18.0 Å². The van der Waals surface area contributed by atoms with Crippen LogP contribution in [0.3, 0.4) is 0 Å². The van der Waals surface area contributed by atoms with Gasteiger partial charge in [0.25, 0.3) is 0 Å². The zero-order chi connectivity index (χ0) is 15.2. The fraction of sp³-hybridized carbons (Fsp3) is 0.600. The highest BCUT2D eigenvalue weighted by molar-refractivity contribution is 7.10. The third-order valence-electron chi connectivity index (χ3n) is 3.64. The topological polar surface area (TPSA) is 58.6 Å². The van der Waals surface area contributed by atoms with E-state index in [0.717, 1.165) is 17.7 Å². The number of hydrogen-bond acceptors (Lipinski definition) is 4. The van der Waals surface area contributed by atoms with Crippen LogP contribution in [-0.2, 0) is 9.53 Å². The van der Waals surface area contributed by atoms with Gasteiger partial charge in [-0.2, -0.15) is 0 Å². The van der Waals surface area contributed by atoms with Gasteiger partial charge in [-0.15, -0.1) is 11.3 Å². The molecule has 5 nitrogen and oxygen atoms in total. The van der Waals surface area contributed by atoms with Crippen LogP contribution >= 0.6 is 11.3 Å². The van der Waals surface area contributed by atoms with Crippen LogP contribution in [0.15, 0.2) is 17.5 Å². The first-order valence-electron chi connectivity index (χ1n) is 7.37. The molecule has 0 unspecified atom stereocenters. The molecule has 2 heterocycles. The summed E-state index contributed by atoms with van der Waals surface area (Å²) in [6.07, 6.45) is 1.63. The van der Waals surface area contributed by atoms with Gasteiger partial charge in [0.2, 0.25) is 0 Å². The van der Waals surface area contributed by atoms with Crippen molar-refractivity contribution >= 4 is 23.3 Å². The molecule has 0 aliphatic carbocycles. The Morgan fingerprint density at radius 2 is 2.38 bits per heavy atom. The summed E-state index contributed by atoms with van der Waals surface area (Å²) in [7, 11) is 0. The summed E-state index contributed by atoms with van der Waals surface area (Å²) in [5, 5.41) is 4.98. The molecule has 1 fully saturated rings. The predicted molar refractivity (Wildman–Crippen MR) is 82.2 cm³/mol. The van der Waals surface area contributed by atoms with Crippen molar-refractivity contribution in [3.05, 3.63) is 22.4 Å². The van der Waals surface area contributed by atoms with Gasteiger partial charge in [-0.25, -0.2) is 4.79 Å². The number of esters is 1. The van der Waals surface area contributed by atoms with E-state index in [4.69, 9.17) is 4.74 Å². The molecule has 1 aromatic rings. The minimum atomic E-state index is -0.193. The molecule has 116 valence electrons. The van der Waals surface area contributed by atoms with Gasteiger partial charge in [0.15, 0.2) is 0 Å². The second-order valence-corrected chi connectivity index (χ2v) is 6.20. The summed E-state index contributed by atoms with van der Waals surface area (Å²) >= 11 is 1.62. The van der Waals surface area contributed by atoms with Crippen LogP contribution in [0.25, 0.3) is 0 Å². The van der Waals surface area contributed by atoms with E-state index in [-0.39, 0.29) is 24.0 Å². The quantitative estimate of drug-likeness (QED) is 0.870. The minimum Gasteiger partial charge on any atom is -0.466 e. The Morgan fingerprint density at radius 1 is 1.57 bits per heavy atom. The molecule has 2 amide bonds. The maximum Gasteiger partial charge on any atom is 0.317 e. The van der Waals surface area contributed by atoms with Gasteiger partial charge < -0.3 is 15.0 Å². The van der Waals surface area contributed by atoms with E-state index >= 15 is 0 Å². The molecular formula is C15H22N2O3S. The van der Waals surface area contributed by atoms with E-state index in [1.165, 1.54) is 0 Å². The summed E-state index contributed by atoms with van der Waals surface area (Å²) in [6.45, 7) is 5.29. The van der Waals surface area contributed by atoms with Crippen molar-refractivity contribution in [1.82, 2.24) is 10.2 Å². The zero-order valence-corrected chi connectivity index (χ0v) is 13.3. The van der Waals surface area contributed by atoms with Gasteiger partial charge in [0.1, 0.15) is 0 Å². The first-order valence-corrected chi connectivity index (χ1v) is 8.25. The number of nitrogens with zero attached hydrogens (tertiary/aromatic N) is 1. The fourth-order valence-corrected chi connectivity index (χ4v) is 3.23. The molecule has 1 aliphatic rings. The lowest BCUT2D eigenvalue weighted by Gasteiger charge is -2.32. The lowest BCUT2D eigenvalue weighted by Crippen LogP contribution is -2.47. The van der Waals surface area contributed by atoms with Crippen LogP contribution in [0.2, 0.25) is 0 Å². The number of amides is 2. The van der Waals surface area contributed by atoms with Crippen molar-refractivity contribution in [3.63, 3.8) is 0 Å². The Bertz CT molecular complexity index is 475. The SMILES string of the molecule is CCOC(=O)[C@@H]1CCCN(C(=O)N[C@H](C)c2cccs2)C1. The zero-order valence-electron chi connectivity index (χ0n) is 12.5. The van der Waals surface area contributed by atoms with E-state index in [2.05, 4.69) is 5.32 Å². The second-order valence-electron chi connectivity index (χ2n) is 5.22. The number of urea groups is 1. The molecule has 2 rings (SSSR count). The predicted octanol–water partition coefficient (Wildman–Crippen LogP) is 2.79. The Kier molecular flexibility index (Phi) is 5.61. The van der Waals surface area contributed by atoms with Crippen molar-refractivity contribution in [2.75, 3.05) is 19.7 Å². The largest absolute Gasteiger partial charge is 0.466 e. The molecule has 0 saturated carbocycles. The molecule has 0 bridgehead atoms. The lowest BCUT2D eigenvalue weighted by molar-refractivity contribution is -0.149. The molecule has 1 N–H and O–H groups in total. The maximum atomic E-state index is 12.3. The lowest BCUT2D eigenvalue weighted by atomic mass is 9.98. The van der Waals surface area contributed by atoms with Gasteiger partial charge >= 0.3 is 12.0 Å². The number of ether oxygens (including phenoxy) is 1. The summed E-state index contributed by atoms with van der Waals surface area (Å²) in [5.74, 6) is -0.386. The standard InChI is InChI=1S/C15H22N2O3S/c1-3-20-14(18)12-6-4-8-17(10-12)15(19)16-11(2)13-7-5-9-21-13/h5,7,9,11-12H,3-4,6,8,10H2,1-2H3,(H,16,19)/t11-,12-/m1/s1. The first kappa shape index (κ1) is 15.8. The van der Waals surface area contributed by atoms with E-state index in [1.807, 2.05) is 24.4 Å². The van der Waals surface area contributed by atoms with Crippen molar-refractivity contribution < 1.29 is 14.3 Å². The third-order valence-corrected chi connectivity index (χ3v) is 4.69. The summed E-state index contributed by atoms with van der Waals surface area (Å²) < 4.78 is 5.05. The Labute approximate surface area is 129 Å². The van der Waals surface area contributed by atoms with Crippen molar-refractivity contribution in [3.8, 4) is 0 Å². The molecular weight excluding hydrogens is 288 g/mol. The molecule has 1 aromatic heterocycles. The fourth-order valence-electron chi connectivity index (χ4n) is 2.50. The highest BCUT2D eigenvalue weighted by Crippen LogP contribution is 2.21. The summed E-state index contributed by atoms with van der Waals surface area (Å²) in [5.41, 5.74) is 0. The van der Waals surface area contributed by atoms with Gasteiger partial charge in [-0.05, 0) is 38.1 Å². The van der Waals surface area contributed by atoms with Crippen LogP contribution in [0.5, 0.6) is 0 Å². The Balaban J connectivity index is 1.88. The molecule has 1 saturated heterocycles. The number of thiophene rings is 1. The smallest absolute Gasteiger partial charge is 0.317 e. The van der Waals surface area contributed by atoms with E-state index < -0.39 is 0 Å². The van der Waals surface area contributed by atoms with Gasteiger partial charge in [-0.1, -0.05) is 6.07 Å². The first-order chi connectivity index (χ1) is 10.1. The summed E-state index contributed by atoms with van der Waals surface area (Å²) in [4.78, 5) is 26.9. The highest BCUT2D eigenvalue weighted by Gasteiger charge is 2.29. The number of hydrogen-bond donors (Lipinski definition) is 1. The third kappa shape index (κ3) is 4.20. The van der Waals surface area contributed by atoms with Crippen molar-refractivity contribution in [1.29, 1.82) is 0 Å². The Hall–Kier alpha value is -1.56. The molecule has 21 heavy (non-hydrogen) atoms. The van der Waals surface area contributed by atoms with Crippen LogP contribution < -0.4 is 5.32 Å². The number of piperidine rings is 1. The minimum absolute atomic E-state index is 0.0135. The van der Waals surface area contributed by atoms with Crippen LogP contribution in [0.4, 0.5) is 4.79 Å². The van der Waals surface area contributed by atoms with E-state index in [1.54, 1.807) is 23.2 Å². The number of carbonyl (C=O) groups is 2. The second kappa shape index (κ2) is 7.45. The monoisotopic (exact) mass is 310 g/mol. The average molecular weight is 310 g/mol. The van der Waals surface area contributed by atoms with Crippen LogP contribution in [0.1, 0.15) is 37.6 Å². The Morgan fingerprint density at radius 3 is 3.05 bits per heavy atom. The number of likely N-dealkylation sites (tertiary alicyclic amines) is 1. The molecule has 6 heteroatoms. The van der Waals surface area contributed by atoms with Crippen molar-refractivity contribution in [2.24, 2.45) is 5.92 Å². The molecule has 0 aromatic carbocycles. The van der Waals surface area contributed by atoms with Gasteiger partial charge in [-0.3, -0.25) is 4.79 Å². The highest BCUT2D eigenvalue weighted by atomic mass is 32.1.